The highest BCUT2D eigenvalue weighted by Gasteiger charge is 2.09. The summed E-state index contributed by atoms with van der Waals surface area (Å²) in [5.74, 6) is -0.416. The van der Waals surface area contributed by atoms with Crippen LogP contribution in [0.25, 0.3) is 0 Å². The topological polar surface area (TPSA) is 84.2 Å². The molecule has 0 aliphatic carbocycles. The molecular weight excluding hydrogens is 230 g/mol. The van der Waals surface area contributed by atoms with Gasteiger partial charge in [-0.25, -0.2) is 0 Å². The molecule has 0 aliphatic heterocycles. The number of nitrogens with two attached hydrogens (primary N) is 1. The first kappa shape index (κ1) is 14.2. The van der Waals surface area contributed by atoms with E-state index in [0.29, 0.717) is 11.4 Å². The maximum absolute atomic E-state index is 11.5. The average molecular weight is 249 g/mol. The Kier molecular flexibility index (Phi) is 4.85. The summed E-state index contributed by atoms with van der Waals surface area (Å²) in [6.07, 6.45) is 0. The Bertz CT molecular complexity index is 404. The molecule has 0 spiro atoms. The highest BCUT2D eigenvalue weighted by atomic mass is 16.2. The van der Waals surface area contributed by atoms with E-state index in [2.05, 4.69) is 10.6 Å². The van der Waals surface area contributed by atoms with Crippen molar-refractivity contribution in [1.82, 2.24) is 0 Å². The molecule has 1 rings (SSSR count). The van der Waals surface area contributed by atoms with Crippen molar-refractivity contribution >= 4 is 23.2 Å². The van der Waals surface area contributed by atoms with Gasteiger partial charge in [-0.05, 0) is 25.1 Å². The van der Waals surface area contributed by atoms with E-state index >= 15 is 0 Å². The average Bonchev–Trinajstić information content (AvgIpc) is 2.29. The van der Waals surface area contributed by atoms with Crippen LogP contribution in [0.4, 0.5) is 11.4 Å². The molecule has 1 atom stereocenters. The van der Waals surface area contributed by atoms with Gasteiger partial charge in [0.05, 0.1) is 6.04 Å². The summed E-state index contributed by atoms with van der Waals surface area (Å²) in [4.78, 5) is 23.0. The van der Waals surface area contributed by atoms with Crippen LogP contribution in [-0.2, 0) is 9.59 Å². The molecule has 1 aromatic carbocycles. The molecule has 0 saturated carbocycles. The maximum atomic E-state index is 11.5. The van der Waals surface area contributed by atoms with Gasteiger partial charge in [-0.2, -0.15) is 0 Å². The molecule has 98 valence electrons. The molecule has 0 saturated heterocycles. The lowest BCUT2D eigenvalue weighted by atomic mass is 10.2. The molecule has 1 aromatic rings. The Hall–Kier alpha value is -1.88. The molecule has 18 heavy (non-hydrogen) atoms. The van der Waals surface area contributed by atoms with Crippen LogP contribution in [-0.4, -0.2) is 17.9 Å². The van der Waals surface area contributed by atoms with Crippen molar-refractivity contribution in [3.8, 4) is 0 Å². The van der Waals surface area contributed by atoms with Crippen molar-refractivity contribution in [2.45, 2.75) is 26.8 Å². The number of nitrogens with one attached hydrogen (secondary N) is 2. The number of amides is 2. The lowest BCUT2D eigenvalue weighted by Crippen LogP contribution is -2.32. The SMILES string of the molecule is CC(C)C(=O)Nc1cccc(NC(=O)[C@@H](C)N)c1. The number of hydrogen-bond acceptors (Lipinski definition) is 3. The number of carbonyl (C=O) groups excluding carboxylic acids is 2. The Balaban J connectivity index is 2.74. The molecule has 0 heterocycles. The third kappa shape index (κ3) is 4.18. The minimum atomic E-state index is -0.570. The summed E-state index contributed by atoms with van der Waals surface area (Å²) in [7, 11) is 0. The van der Waals surface area contributed by atoms with Crippen LogP contribution in [0.2, 0.25) is 0 Å². The summed E-state index contributed by atoms with van der Waals surface area (Å²) in [5, 5.41) is 5.43. The Morgan fingerprint density at radius 1 is 1.06 bits per heavy atom. The van der Waals surface area contributed by atoms with E-state index in [1.54, 1.807) is 31.2 Å². The van der Waals surface area contributed by atoms with E-state index in [9.17, 15) is 9.59 Å². The fourth-order valence-corrected chi connectivity index (χ4v) is 1.22. The van der Waals surface area contributed by atoms with Crippen LogP contribution in [0.15, 0.2) is 24.3 Å². The second-order valence-electron chi connectivity index (χ2n) is 4.50. The van der Waals surface area contributed by atoms with Gasteiger partial charge in [0.15, 0.2) is 0 Å². The highest BCUT2D eigenvalue weighted by Crippen LogP contribution is 2.16. The third-order valence-corrected chi connectivity index (χ3v) is 2.34. The number of carbonyl (C=O) groups is 2. The molecule has 5 heteroatoms. The van der Waals surface area contributed by atoms with Gasteiger partial charge in [0.1, 0.15) is 0 Å². The smallest absolute Gasteiger partial charge is 0.240 e. The van der Waals surface area contributed by atoms with E-state index in [1.807, 2.05) is 13.8 Å². The summed E-state index contributed by atoms with van der Waals surface area (Å²) < 4.78 is 0. The maximum Gasteiger partial charge on any atom is 0.240 e. The minimum absolute atomic E-state index is 0.0642. The quantitative estimate of drug-likeness (QED) is 0.757. The van der Waals surface area contributed by atoms with E-state index < -0.39 is 6.04 Å². The van der Waals surface area contributed by atoms with E-state index in [-0.39, 0.29) is 17.7 Å². The molecule has 0 aromatic heterocycles. The summed E-state index contributed by atoms with van der Waals surface area (Å²) in [5.41, 5.74) is 6.72. The zero-order chi connectivity index (χ0) is 13.7. The van der Waals surface area contributed by atoms with E-state index in [4.69, 9.17) is 5.73 Å². The molecule has 0 aliphatic rings. The van der Waals surface area contributed by atoms with Crippen molar-refractivity contribution in [3.05, 3.63) is 24.3 Å². The lowest BCUT2D eigenvalue weighted by molar-refractivity contribution is -0.119. The fourth-order valence-electron chi connectivity index (χ4n) is 1.22. The zero-order valence-electron chi connectivity index (χ0n) is 10.9. The molecule has 5 nitrogen and oxygen atoms in total. The van der Waals surface area contributed by atoms with Crippen LogP contribution < -0.4 is 16.4 Å². The normalized spacial score (nSPS) is 12.1. The molecule has 0 unspecified atom stereocenters. The van der Waals surface area contributed by atoms with Gasteiger partial charge in [0, 0.05) is 17.3 Å². The summed E-state index contributed by atoms with van der Waals surface area (Å²) in [6, 6.07) is 6.39. The second kappa shape index (κ2) is 6.16. The van der Waals surface area contributed by atoms with Gasteiger partial charge < -0.3 is 16.4 Å². The minimum Gasteiger partial charge on any atom is -0.326 e. The first-order chi connectivity index (χ1) is 8.40. The monoisotopic (exact) mass is 249 g/mol. The molecule has 0 bridgehead atoms. The fraction of sp³-hybridized carbons (Fsp3) is 0.385. The molecule has 0 radical (unpaired) electrons. The standard InChI is InChI=1S/C13H19N3O2/c1-8(2)12(17)15-10-5-4-6-11(7-10)16-13(18)9(3)14/h4-9H,14H2,1-3H3,(H,15,17)(H,16,18)/t9-/m1/s1. The lowest BCUT2D eigenvalue weighted by Gasteiger charge is -2.11. The van der Waals surface area contributed by atoms with Crippen molar-refractivity contribution in [3.63, 3.8) is 0 Å². The largest absolute Gasteiger partial charge is 0.326 e. The molecular formula is C13H19N3O2. The van der Waals surface area contributed by atoms with Gasteiger partial charge >= 0.3 is 0 Å². The molecule has 2 amide bonds. The first-order valence-corrected chi connectivity index (χ1v) is 5.87. The Labute approximate surface area is 107 Å². The predicted octanol–water partition coefficient (Wildman–Crippen LogP) is 1.57. The van der Waals surface area contributed by atoms with Crippen LogP contribution in [0.5, 0.6) is 0 Å². The number of benzene rings is 1. The predicted molar refractivity (Wildman–Crippen MR) is 72.2 cm³/mol. The van der Waals surface area contributed by atoms with E-state index in [0.717, 1.165) is 0 Å². The van der Waals surface area contributed by atoms with Gasteiger partial charge in [0.25, 0.3) is 0 Å². The van der Waals surface area contributed by atoms with Gasteiger partial charge in [0.2, 0.25) is 11.8 Å². The molecule has 4 N–H and O–H groups in total. The Morgan fingerprint density at radius 3 is 2.00 bits per heavy atom. The van der Waals surface area contributed by atoms with Crippen LogP contribution in [0.1, 0.15) is 20.8 Å². The first-order valence-electron chi connectivity index (χ1n) is 5.87. The van der Waals surface area contributed by atoms with Crippen molar-refractivity contribution in [2.24, 2.45) is 11.7 Å². The number of hydrogen-bond donors (Lipinski definition) is 3. The van der Waals surface area contributed by atoms with Crippen molar-refractivity contribution < 1.29 is 9.59 Å². The number of rotatable bonds is 4. The van der Waals surface area contributed by atoms with E-state index in [1.165, 1.54) is 0 Å². The Morgan fingerprint density at radius 2 is 1.56 bits per heavy atom. The van der Waals surface area contributed by atoms with Crippen LogP contribution in [0, 0.1) is 5.92 Å². The second-order valence-corrected chi connectivity index (χ2v) is 4.50. The van der Waals surface area contributed by atoms with Gasteiger partial charge in [-0.15, -0.1) is 0 Å². The third-order valence-electron chi connectivity index (χ3n) is 2.34. The van der Waals surface area contributed by atoms with Crippen LogP contribution in [0.3, 0.4) is 0 Å². The summed E-state index contributed by atoms with van der Waals surface area (Å²) >= 11 is 0. The zero-order valence-corrected chi connectivity index (χ0v) is 10.9. The summed E-state index contributed by atoms with van der Waals surface area (Å²) in [6.45, 7) is 5.24. The number of anilines is 2. The highest BCUT2D eigenvalue weighted by molar-refractivity contribution is 5.96. The molecule has 0 fully saturated rings. The van der Waals surface area contributed by atoms with Crippen molar-refractivity contribution in [2.75, 3.05) is 10.6 Å². The van der Waals surface area contributed by atoms with Gasteiger partial charge in [-0.3, -0.25) is 9.59 Å². The van der Waals surface area contributed by atoms with Crippen molar-refractivity contribution in [1.29, 1.82) is 0 Å². The van der Waals surface area contributed by atoms with Gasteiger partial charge in [-0.1, -0.05) is 19.9 Å². The van der Waals surface area contributed by atoms with Crippen LogP contribution >= 0.6 is 0 Å².